The van der Waals surface area contributed by atoms with Crippen LogP contribution in [0.3, 0.4) is 0 Å². The zero-order chi connectivity index (χ0) is 13.0. The van der Waals surface area contributed by atoms with E-state index in [1.54, 1.807) is 30.5 Å². The molecule has 8 nitrogen and oxygen atoms in total. The van der Waals surface area contributed by atoms with Crippen LogP contribution in [0, 0.1) is 0 Å². The predicted molar refractivity (Wildman–Crippen MR) is 63.0 cm³/mol. The molecule has 0 spiro atoms. The topological polar surface area (TPSA) is 106 Å². The maximum Gasteiger partial charge on any atom is 0.244 e. The second-order valence-electron chi connectivity index (χ2n) is 3.97. The van der Waals surface area contributed by atoms with Gasteiger partial charge in [-0.3, -0.25) is 9.89 Å². The molecule has 18 heavy (non-hydrogen) atoms. The van der Waals surface area contributed by atoms with Crippen molar-refractivity contribution in [2.24, 2.45) is 5.73 Å². The minimum Gasteiger partial charge on any atom is -0.340 e. The highest BCUT2D eigenvalue weighted by atomic mass is 16.2. The first-order valence-corrected chi connectivity index (χ1v) is 5.49. The second kappa shape index (κ2) is 5.41. The number of aromatic amines is 1. The van der Waals surface area contributed by atoms with E-state index < -0.39 is 0 Å². The lowest BCUT2D eigenvalue weighted by Crippen LogP contribution is -2.29. The summed E-state index contributed by atoms with van der Waals surface area (Å²) in [6.07, 6.45) is 5.11. The summed E-state index contributed by atoms with van der Waals surface area (Å²) in [5, 5.41) is 14.2. The van der Waals surface area contributed by atoms with E-state index in [2.05, 4.69) is 20.5 Å². The summed E-state index contributed by atoms with van der Waals surface area (Å²) in [6, 6.07) is 0. The van der Waals surface area contributed by atoms with Crippen LogP contribution >= 0.6 is 0 Å². The lowest BCUT2D eigenvalue weighted by atomic mass is 10.3. The molecule has 0 fully saturated rings. The molecule has 1 amide bonds. The molecule has 96 valence electrons. The molecular formula is C10H15N7O. The number of nitrogens with two attached hydrogens (primary N) is 1. The summed E-state index contributed by atoms with van der Waals surface area (Å²) in [7, 11) is 1.73. The van der Waals surface area contributed by atoms with E-state index in [-0.39, 0.29) is 12.5 Å². The van der Waals surface area contributed by atoms with Crippen LogP contribution in [0.4, 0.5) is 0 Å². The highest BCUT2D eigenvalue weighted by Gasteiger charge is 2.11. The van der Waals surface area contributed by atoms with Crippen LogP contribution in [-0.2, 0) is 24.4 Å². The molecule has 2 aromatic rings. The van der Waals surface area contributed by atoms with E-state index in [4.69, 9.17) is 5.73 Å². The molecule has 0 bridgehead atoms. The number of H-pyrrole nitrogens is 1. The Bertz CT molecular complexity index is 504. The zero-order valence-corrected chi connectivity index (χ0v) is 10.1. The minimum atomic E-state index is -0.0512. The summed E-state index contributed by atoms with van der Waals surface area (Å²) in [4.78, 5) is 13.5. The molecule has 0 saturated heterocycles. The smallest absolute Gasteiger partial charge is 0.244 e. The van der Waals surface area contributed by atoms with Gasteiger partial charge in [0.2, 0.25) is 5.91 Å². The van der Waals surface area contributed by atoms with E-state index in [0.717, 1.165) is 5.56 Å². The predicted octanol–water partition coefficient (Wildman–Crippen LogP) is -0.881. The van der Waals surface area contributed by atoms with Gasteiger partial charge in [0.1, 0.15) is 6.54 Å². The summed E-state index contributed by atoms with van der Waals surface area (Å²) in [5.74, 6) is -0.0512. The number of aromatic nitrogens is 5. The van der Waals surface area contributed by atoms with Crippen LogP contribution in [0.5, 0.6) is 0 Å². The lowest BCUT2D eigenvalue weighted by Gasteiger charge is -2.15. The third-order valence-corrected chi connectivity index (χ3v) is 2.49. The van der Waals surface area contributed by atoms with Crippen molar-refractivity contribution in [2.45, 2.75) is 19.6 Å². The molecule has 0 radical (unpaired) electrons. The Morgan fingerprint density at radius 3 is 3.06 bits per heavy atom. The van der Waals surface area contributed by atoms with E-state index in [9.17, 15) is 4.79 Å². The average molecular weight is 249 g/mol. The summed E-state index contributed by atoms with van der Waals surface area (Å²) in [6.45, 7) is 0.980. The number of carbonyl (C=O) groups is 1. The fraction of sp³-hybridized carbons (Fsp3) is 0.400. The molecule has 0 aromatic carbocycles. The number of nitrogens with zero attached hydrogens (tertiary/aromatic N) is 5. The van der Waals surface area contributed by atoms with Gasteiger partial charge in [0, 0.05) is 31.9 Å². The van der Waals surface area contributed by atoms with Crippen LogP contribution in [0.15, 0.2) is 18.6 Å². The minimum absolute atomic E-state index is 0.0512. The number of nitrogens with one attached hydrogen (secondary N) is 1. The molecule has 3 N–H and O–H groups in total. The first-order chi connectivity index (χ1) is 8.69. The van der Waals surface area contributed by atoms with Crippen molar-refractivity contribution in [2.75, 3.05) is 7.05 Å². The number of hydrogen-bond acceptors (Lipinski definition) is 5. The Morgan fingerprint density at radius 2 is 2.44 bits per heavy atom. The van der Waals surface area contributed by atoms with Crippen molar-refractivity contribution >= 4 is 5.91 Å². The van der Waals surface area contributed by atoms with Gasteiger partial charge in [-0.25, -0.2) is 4.68 Å². The molecule has 0 aliphatic rings. The molecule has 8 heteroatoms. The molecule has 2 aromatic heterocycles. The maximum absolute atomic E-state index is 11.9. The van der Waals surface area contributed by atoms with Crippen molar-refractivity contribution in [1.29, 1.82) is 0 Å². The van der Waals surface area contributed by atoms with Crippen molar-refractivity contribution in [3.63, 3.8) is 0 Å². The van der Waals surface area contributed by atoms with Gasteiger partial charge < -0.3 is 10.6 Å². The summed E-state index contributed by atoms with van der Waals surface area (Å²) < 4.78 is 1.48. The Balaban J connectivity index is 1.90. The van der Waals surface area contributed by atoms with Crippen LogP contribution < -0.4 is 5.73 Å². The highest BCUT2D eigenvalue weighted by Crippen LogP contribution is 2.01. The molecule has 0 unspecified atom stereocenters. The molecular weight excluding hydrogens is 234 g/mol. The monoisotopic (exact) mass is 249 g/mol. The first kappa shape index (κ1) is 12.2. The van der Waals surface area contributed by atoms with Gasteiger partial charge >= 0.3 is 0 Å². The Kier molecular flexibility index (Phi) is 3.68. The number of carbonyl (C=O) groups excluding carboxylic acids is 1. The van der Waals surface area contributed by atoms with Crippen LogP contribution in [0.1, 0.15) is 11.3 Å². The Hall–Kier alpha value is -2.22. The van der Waals surface area contributed by atoms with Gasteiger partial charge in [-0.2, -0.15) is 5.10 Å². The SMILES string of the molecule is CN(Cc1cn[nH]c1)C(=O)Cn1cc(CN)nn1. The van der Waals surface area contributed by atoms with Gasteiger partial charge in [0.15, 0.2) is 0 Å². The summed E-state index contributed by atoms with van der Waals surface area (Å²) >= 11 is 0. The molecule has 0 aliphatic carbocycles. The fourth-order valence-electron chi connectivity index (χ4n) is 1.49. The number of rotatable bonds is 5. The van der Waals surface area contributed by atoms with Crippen LogP contribution in [-0.4, -0.2) is 43.0 Å². The normalized spacial score (nSPS) is 10.6. The molecule has 2 heterocycles. The Morgan fingerprint density at radius 1 is 1.61 bits per heavy atom. The quantitative estimate of drug-likeness (QED) is 0.715. The maximum atomic E-state index is 11.9. The number of hydrogen-bond donors (Lipinski definition) is 2. The second-order valence-corrected chi connectivity index (χ2v) is 3.97. The zero-order valence-electron chi connectivity index (χ0n) is 10.1. The van der Waals surface area contributed by atoms with Crippen molar-refractivity contribution in [3.05, 3.63) is 29.8 Å². The van der Waals surface area contributed by atoms with E-state index >= 15 is 0 Å². The summed E-state index contributed by atoms with van der Waals surface area (Å²) in [5.41, 5.74) is 7.04. The van der Waals surface area contributed by atoms with Crippen molar-refractivity contribution in [1.82, 2.24) is 30.1 Å². The third-order valence-electron chi connectivity index (χ3n) is 2.49. The molecule has 0 atom stereocenters. The number of amides is 1. The van der Waals surface area contributed by atoms with Gasteiger partial charge in [-0.05, 0) is 0 Å². The van der Waals surface area contributed by atoms with Crippen LogP contribution in [0.25, 0.3) is 0 Å². The average Bonchev–Trinajstić information content (AvgIpc) is 3.00. The van der Waals surface area contributed by atoms with Gasteiger partial charge in [-0.1, -0.05) is 5.21 Å². The Labute approximate surface area is 104 Å². The van der Waals surface area contributed by atoms with Crippen molar-refractivity contribution in [3.8, 4) is 0 Å². The first-order valence-electron chi connectivity index (χ1n) is 5.49. The van der Waals surface area contributed by atoms with E-state index in [1.165, 1.54) is 4.68 Å². The van der Waals surface area contributed by atoms with Crippen molar-refractivity contribution < 1.29 is 4.79 Å². The fourth-order valence-corrected chi connectivity index (χ4v) is 1.49. The standard InChI is InChI=1S/C10H15N7O/c1-16(5-8-3-12-13-4-8)10(18)7-17-6-9(2-11)14-15-17/h3-4,6H,2,5,7,11H2,1H3,(H,12,13). The number of likely N-dealkylation sites (N-methyl/N-ethyl adjacent to an activating group) is 1. The third kappa shape index (κ3) is 2.92. The van der Waals surface area contributed by atoms with E-state index in [1.807, 2.05) is 0 Å². The van der Waals surface area contributed by atoms with Gasteiger partial charge in [-0.15, -0.1) is 5.10 Å². The van der Waals surface area contributed by atoms with E-state index in [0.29, 0.717) is 18.8 Å². The van der Waals surface area contributed by atoms with Gasteiger partial charge in [0.25, 0.3) is 0 Å². The largest absolute Gasteiger partial charge is 0.340 e. The lowest BCUT2D eigenvalue weighted by molar-refractivity contribution is -0.131. The highest BCUT2D eigenvalue weighted by molar-refractivity contribution is 5.75. The molecule has 0 saturated carbocycles. The molecule has 0 aliphatic heterocycles. The molecule has 2 rings (SSSR count). The van der Waals surface area contributed by atoms with Gasteiger partial charge in [0.05, 0.1) is 18.1 Å². The van der Waals surface area contributed by atoms with Crippen LogP contribution in [0.2, 0.25) is 0 Å².